The number of rotatable bonds is 1. The van der Waals surface area contributed by atoms with E-state index < -0.39 is 23.8 Å². The molecule has 3 rings (SSSR count). The van der Waals surface area contributed by atoms with E-state index in [0.717, 1.165) is 5.57 Å². The van der Waals surface area contributed by atoms with E-state index in [4.69, 9.17) is 4.74 Å². The minimum atomic E-state index is -0.474. The molecule has 0 aromatic heterocycles. The van der Waals surface area contributed by atoms with E-state index >= 15 is 0 Å². The fraction of sp³-hybridized carbons (Fsp3) is 0.500. The number of esters is 3. The van der Waals surface area contributed by atoms with Crippen molar-refractivity contribution in [2.24, 2.45) is 23.7 Å². The second-order valence-electron chi connectivity index (χ2n) is 5.40. The number of cyclic esters (lactones) is 3. The van der Waals surface area contributed by atoms with Crippen LogP contribution >= 0.6 is 0 Å². The minimum Gasteiger partial charge on any atom is -0.431 e. The van der Waals surface area contributed by atoms with E-state index in [1.54, 1.807) is 6.92 Å². The zero-order chi connectivity index (χ0) is 13.7. The Bertz CT molecular complexity index is 530. The summed E-state index contributed by atoms with van der Waals surface area (Å²) in [5, 5.41) is 0. The number of allylic oxidation sites excluding steroid dienone is 2. The lowest BCUT2D eigenvalue weighted by Gasteiger charge is -2.28. The highest BCUT2D eigenvalue weighted by molar-refractivity contribution is 5.98. The van der Waals surface area contributed by atoms with E-state index in [-0.39, 0.29) is 17.8 Å². The first-order chi connectivity index (χ1) is 8.97. The molecule has 2 fully saturated rings. The van der Waals surface area contributed by atoms with Crippen LogP contribution in [0, 0.1) is 23.7 Å². The van der Waals surface area contributed by atoms with Crippen LogP contribution in [-0.2, 0) is 23.9 Å². The molecular weight excluding hydrogens is 248 g/mol. The van der Waals surface area contributed by atoms with Gasteiger partial charge in [0.15, 0.2) is 0 Å². The topological polar surface area (TPSA) is 69.7 Å². The maximum atomic E-state index is 11.7. The van der Waals surface area contributed by atoms with E-state index in [1.165, 1.54) is 0 Å². The van der Waals surface area contributed by atoms with Gasteiger partial charge in [0.1, 0.15) is 5.76 Å². The van der Waals surface area contributed by atoms with Crippen molar-refractivity contribution in [3.05, 3.63) is 24.0 Å². The molecule has 0 aromatic carbocycles. The van der Waals surface area contributed by atoms with Crippen LogP contribution in [0.15, 0.2) is 24.0 Å². The first-order valence-electron chi connectivity index (χ1n) is 6.30. The molecule has 0 spiro atoms. The summed E-state index contributed by atoms with van der Waals surface area (Å²) in [6.45, 7) is 5.46. The molecule has 3 aliphatic rings. The van der Waals surface area contributed by atoms with Crippen LogP contribution in [0.1, 0.15) is 19.8 Å². The maximum Gasteiger partial charge on any atom is 0.321 e. The van der Waals surface area contributed by atoms with Gasteiger partial charge in [-0.3, -0.25) is 14.4 Å². The molecule has 19 heavy (non-hydrogen) atoms. The largest absolute Gasteiger partial charge is 0.431 e. The van der Waals surface area contributed by atoms with Crippen LogP contribution in [0.5, 0.6) is 0 Å². The van der Waals surface area contributed by atoms with Crippen molar-refractivity contribution in [1.82, 2.24) is 0 Å². The summed E-state index contributed by atoms with van der Waals surface area (Å²) in [5.74, 6) is -2.09. The van der Waals surface area contributed by atoms with Crippen LogP contribution in [0.3, 0.4) is 0 Å². The number of carbonyl (C=O) groups excluding carboxylic acids is 3. The van der Waals surface area contributed by atoms with Crippen LogP contribution in [0.25, 0.3) is 0 Å². The Kier molecular flexibility index (Phi) is 2.59. The second-order valence-corrected chi connectivity index (χ2v) is 5.40. The molecule has 2 saturated heterocycles. The highest BCUT2D eigenvalue weighted by Crippen LogP contribution is 2.44. The molecule has 0 aromatic rings. The molecule has 5 heteroatoms. The third-order valence-corrected chi connectivity index (χ3v) is 4.17. The summed E-state index contributed by atoms with van der Waals surface area (Å²) in [6, 6.07) is 0. The highest BCUT2D eigenvalue weighted by atomic mass is 16.6. The Balaban J connectivity index is 1.89. The van der Waals surface area contributed by atoms with Gasteiger partial charge >= 0.3 is 17.9 Å². The summed E-state index contributed by atoms with van der Waals surface area (Å²) in [7, 11) is 0. The van der Waals surface area contributed by atoms with E-state index in [9.17, 15) is 14.4 Å². The van der Waals surface area contributed by atoms with Gasteiger partial charge in [0, 0.05) is 6.42 Å². The molecule has 2 aliphatic heterocycles. The lowest BCUT2D eigenvalue weighted by Crippen LogP contribution is -2.31. The van der Waals surface area contributed by atoms with Gasteiger partial charge in [-0.2, -0.15) is 0 Å². The van der Waals surface area contributed by atoms with Crippen molar-refractivity contribution in [2.75, 3.05) is 0 Å². The van der Waals surface area contributed by atoms with Crippen molar-refractivity contribution in [3.8, 4) is 0 Å². The molecule has 1 aliphatic carbocycles. The fourth-order valence-corrected chi connectivity index (χ4v) is 3.27. The van der Waals surface area contributed by atoms with Crippen molar-refractivity contribution >= 4 is 17.9 Å². The predicted molar refractivity (Wildman–Crippen MR) is 63.3 cm³/mol. The average Bonchev–Trinajstić information content (AvgIpc) is 2.80. The monoisotopic (exact) mass is 262 g/mol. The van der Waals surface area contributed by atoms with Gasteiger partial charge in [-0.05, 0) is 19.3 Å². The van der Waals surface area contributed by atoms with Gasteiger partial charge in [0.2, 0.25) is 0 Å². The Labute approximate surface area is 110 Å². The van der Waals surface area contributed by atoms with Crippen LogP contribution < -0.4 is 0 Å². The Hall–Kier alpha value is -1.91. The molecule has 4 atom stereocenters. The van der Waals surface area contributed by atoms with Crippen molar-refractivity contribution in [3.63, 3.8) is 0 Å². The lowest BCUT2D eigenvalue weighted by atomic mass is 9.71. The summed E-state index contributed by atoms with van der Waals surface area (Å²) in [5.41, 5.74) is 0.808. The van der Waals surface area contributed by atoms with E-state index in [2.05, 4.69) is 11.3 Å². The third kappa shape index (κ3) is 1.80. The molecule has 4 unspecified atom stereocenters. The van der Waals surface area contributed by atoms with Gasteiger partial charge in [-0.1, -0.05) is 18.2 Å². The SMILES string of the molecule is C=C1CC(C2C=C(C)C3C(=O)OC(=O)C3C2)C(=O)O1. The Morgan fingerprint density at radius 1 is 1.11 bits per heavy atom. The zero-order valence-electron chi connectivity index (χ0n) is 10.5. The molecule has 2 heterocycles. The van der Waals surface area contributed by atoms with Crippen molar-refractivity contribution in [1.29, 1.82) is 0 Å². The first kappa shape index (κ1) is 12.1. The van der Waals surface area contributed by atoms with Gasteiger partial charge in [0.25, 0.3) is 0 Å². The Morgan fingerprint density at radius 3 is 2.42 bits per heavy atom. The molecule has 0 radical (unpaired) electrons. The van der Waals surface area contributed by atoms with Crippen LogP contribution in [0.2, 0.25) is 0 Å². The molecule has 5 nitrogen and oxygen atoms in total. The summed E-state index contributed by atoms with van der Waals surface area (Å²) >= 11 is 0. The molecular formula is C14H14O5. The first-order valence-corrected chi connectivity index (χ1v) is 6.30. The standard InChI is InChI=1S/C14H14O5/c1-6-3-8(9-4-7(2)18-12(9)15)5-10-11(6)14(17)19-13(10)16/h3,8-11H,2,4-5H2,1H3. The molecule has 0 amide bonds. The maximum absolute atomic E-state index is 11.7. The van der Waals surface area contributed by atoms with Gasteiger partial charge in [-0.25, -0.2) is 0 Å². The third-order valence-electron chi connectivity index (χ3n) is 4.17. The predicted octanol–water partition coefficient (Wildman–Crippen LogP) is 1.35. The Morgan fingerprint density at radius 2 is 1.79 bits per heavy atom. The quantitative estimate of drug-likeness (QED) is 0.405. The average molecular weight is 262 g/mol. The normalized spacial score (nSPS) is 37.8. The molecule has 100 valence electrons. The van der Waals surface area contributed by atoms with E-state index in [1.807, 2.05) is 6.08 Å². The van der Waals surface area contributed by atoms with E-state index in [0.29, 0.717) is 18.6 Å². The summed E-state index contributed by atoms with van der Waals surface area (Å²) in [6.07, 6.45) is 2.85. The number of carbonyl (C=O) groups is 3. The number of hydrogen-bond acceptors (Lipinski definition) is 5. The number of hydrogen-bond donors (Lipinski definition) is 0. The van der Waals surface area contributed by atoms with Crippen LogP contribution in [-0.4, -0.2) is 17.9 Å². The second kappa shape index (κ2) is 4.05. The zero-order valence-corrected chi connectivity index (χ0v) is 10.5. The number of fused-ring (bicyclic) bond motifs is 1. The van der Waals surface area contributed by atoms with Gasteiger partial charge in [-0.15, -0.1) is 0 Å². The smallest absolute Gasteiger partial charge is 0.321 e. The number of ether oxygens (including phenoxy) is 2. The van der Waals surface area contributed by atoms with Crippen molar-refractivity contribution in [2.45, 2.75) is 19.8 Å². The fourth-order valence-electron chi connectivity index (χ4n) is 3.27. The van der Waals surface area contributed by atoms with Crippen LogP contribution in [0.4, 0.5) is 0 Å². The summed E-state index contributed by atoms with van der Waals surface area (Å²) < 4.78 is 9.66. The van der Waals surface area contributed by atoms with Crippen molar-refractivity contribution < 1.29 is 23.9 Å². The lowest BCUT2D eigenvalue weighted by molar-refractivity contribution is -0.154. The molecule has 0 saturated carbocycles. The minimum absolute atomic E-state index is 0.0913. The molecule has 0 N–H and O–H groups in total. The van der Waals surface area contributed by atoms with Gasteiger partial charge in [0.05, 0.1) is 17.8 Å². The molecule has 0 bridgehead atoms. The van der Waals surface area contributed by atoms with Gasteiger partial charge < -0.3 is 9.47 Å². The summed E-state index contributed by atoms with van der Waals surface area (Å²) in [4.78, 5) is 35.0. The highest BCUT2D eigenvalue weighted by Gasteiger charge is 2.50.